The molecule has 0 amide bonds. The molecule has 18 heavy (non-hydrogen) atoms. The number of carbonyl (C=O) groups is 3. The van der Waals surface area contributed by atoms with Gasteiger partial charge in [-0.1, -0.05) is 18.5 Å². The lowest BCUT2D eigenvalue weighted by Gasteiger charge is -2.28. The molecule has 0 N–H and O–H groups in total. The van der Waals surface area contributed by atoms with Crippen LogP contribution in [0.25, 0.3) is 0 Å². The van der Waals surface area contributed by atoms with Crippen molar-refractivity contribution in [3.05, 3.63) is 28.8 Å². The minimum Gasteiger partial charge on any atom is -0.542 e. The maximum Gasteiger partial charge on any atom is 0.190 e. The third kappa shape index (κ3) is 2.15. The summed E-state index contributed by atoms with van der Waals surface area (Å²) in [6.07, 6.45) is 0. The lowest BCUT2D eigenvalue weighted by atomic mass is 9.90. The predicted molar refractivity (Wildman–Crippen MR) is 64.6 cm³/mol. The Morgan fingerprint density at radius 1 is 1.39 bits per heavy atom. The number of fused-ring (bicyclic) bond motifs is 1. The van der Waals surface area contributed by atoms with Gasteiger partial charge < -0.3 is 9.90 Å². The lowest BCUT2D eigenvalue weighted by molar-refractivity contribution is -0.300. The summed E-state index contributed by atoms with van der Waals surface area (Å²) in [6, 6.07) is 4.79. The highest BCUT2D eigenvalue weighted by Crippen LogP contribution is 2.39. The third-order valence-electron chi connectivity index (χ3n) is 2.76. The van der Waals surface area contributed by atoms with E-state index in [1.807, 2.05) is 0 Å². The summed E-state index contributed by atoms with van der Waals surface area (Å²) < 4.78 is 0. The molecule has 0 saturated heterocycles. The monoisotopic (exact) mass is 283 g/mol. The zero-order valence-electron chi connectivity index (χ0n) is 9.31. The lowest BCUT2D eigenvalue weighted by Crippen LogP contribution is -2.44. The van der Waals surface area contributed by atoms with Gasteiger partial charge in [0.2, 0.25) is 0 Å². The van der Waals surface area contributed by atoms with Crippen LogP contribution in [0.15, 0.2) is 23.1 Å². The van der Waals surface area contributed by atoms with Gasteiger partial charge in [-0.05, 0) is 18.2 Å². The van der Waals surface area contributed by atoms with Gasteiger partial charge in [0.05, 0.1) is 5.92 Å². The van der Waals surface area contributed by atoms with Gasteiger partial charge in [-0.15, -0.1) is 11.8 Å². The van der Waals surface area contributed by atoms with E-state index in [9.17, 15) is 19.5 Å². The molecule has 94 valence electrons. The van der Waals surface area contributed by atoms with Crippen molar-refractivity contribution < 1.29 is 19.5 Å². The fourth-order valence-corrected chi connectivity index (χ4v) is 3.29. The predicted octanol–water partition coefficient (Wildman–Crippen LogP) is 0.952. The van der Waals surface area contributed by atoms with Gasteiger partial charge in [0.1, 0.15) is 5.97 Å². The standard InChI is InChI=1S/C12H9ClO4S/c1-5-9(11(15)12(16)17)10(14)7-4-6(13)2-3-8(7)18-5/h2-5,9H,1H3,(H,16,17)/p-1. The normalized spacial score (nSPS) is 22.4. The number of ketones is 2. The second-order valence-electron chi connectivity index (χ2n) is 3.96. The third-order valence-corrected chi connectivity index (χ3v) is 4.24. The Hall–Kier alpha value is -1.33. The average molecular weight is 284 g/mol. The molecular formula is C12H8ClO4S-. The van der Waals surface area contributed by atoms with Crippen LogP contribution in [-0.4, -0.2) is 22.8 Å². The summed E-state index contributed by atoms with van der Waals surface area (Å²) in [6.45, 7) is 1.64. The smallest absolute Gasteiger partial charge is 0.190 e. The summed E-state index contributed by atoms with van der Waals surface area (Å²) in [5, 5.41) is 10.6. The van der Waals surface area contributed by atoms with E-state index in [2.05, 4.69) is 0 Å². The SMILES string of the molecule is CC1Sc2ccc(Cl)cc2C(=O)C1C(=O)C(=O)[O-]. The first-order valence-electron chi connectivity index (χ1n) is 5.17. The number of aliphatic carboxylic acids is 1. The van der Waals surface area contributed by atoms with Crippen LogP contribution in [0.3, 0.4) is 0 Å². The Kier molecular flexibility index (Phi) is 3.45. The summed E-state index contributed by atoms with van der Waals surface area (Å²) in [5.41, 5.74) is 0.296. The van der Waals surface area contributed by atoms with Crippen LogP contribution in [-0.2, 0) is 9.59 Å². The molecule has 0 bridgehead atoms. The van der Waals surface area contributed by atoms with E-state index >= 15 is 0 Å². The van der Waals surface area contributed by atoms with Crippen molar-refractivity contribution in [3.8, 4) is 0 Å². The molecule has 1 aromatic rings. The molecule has 2 rings (SSSR count). The number of carbonyl (C=O) groups excluding carboxylic acids is 3. The maximum atomic E-state index is 12.1. The van der Waals surface area contributed by atoms with E-state index in [1.165, 1.54) is 17.8 Å². The van der Waals surface area contributed by atoms with Crippen molar-refractivity contribution in [2.24, 2.45) is 5.92 Å². The van der Waals surface area contributed by atoms with Crippen molar-refractivity contribution in [3.63, 3.8) is 0 Å². The van der Waals surface area contributed by atoms with Crippen LogP contribution in [0.2, 0.25) is 5.02 Å². The number of thioether (sulfide) groups is 1. The number of Topliss-reactive ketones (excluding diaryl/α,β-unsaturated/α-hetero) is 2. The quantitative estimate of drug-likeness (QED) is 0.597. The van der Waals surface area contributed by atoms with Crippen molar-refractivity contribution in [2.75, 3.05) is 0 Å². The number of carboxylic acids is 1. The van der Waals surface area contributed by atoms with Gasteiger partial charge in [-0.25, -0.2) is 0 Å². The number of hydrogen-bond acceptors (Lipinski definition) is 5. The molecule has 1 heterocycles. The van der Waals surface area contributed by atoms with Gasteiger partial charge in [-0.2, -0.15) is 0 Å². The van der Waals surface area contributed by atoms with E-state index in [4.69, 9.17) is 11.6 Å². The Morgan fingerprint density at radius 3 is 2.67 bits per heavy atom. The fraction of sp³-hybridized carbons (Fsp3) is 0.250. The summed E-state index contributed by atoms with van der Waals surface area (Å²) >= 11 is 7.08. The Morgan fingerprint density at radius 2 is 2.06 bits per heavy atom. The van der Waals surface area contributed by atoms with Gasteiger partial charge in [-0.3, -0.25) is 9.59 Å². The van der Waals surface area contributed by atoms with Crippen LogP contribution in [0.1, 0.15) is 17.3 Å². The first-order chi connectivity index (χ1) is 8.41. The van der Waals surface area contributed by atoms with Crippen molar-refractivity contribution in [2.45, 2.75) is 17.1 Å². The van der Waals surface area contributed by atoms with Crippen LogP contribution >= 0.6 is 23.4 Å². The van der Waals surface area contributed by atoms with E-state index in [0.717, 1.165) is 0 Å². The molecule has 6 heteroatoms. The molecule has 0 aliphatic carbocycles. The minimum absolute atomic E-state index is 0.296. The zero-order valence-corrected chi connectivity index (χ0v) is 10.9. The molecule has 0 aromatic heterocycles. The number of benzene rings is 1. The maximum absolute atomic E-state index is 12.1. The first-order valence-corrected chi connectivity index (χ1v) is 6.43. The van der Waals surface area contributed by atoms with E-state index in [-0.39, 0.29) is 0 Å². The highest BCUT2D eigenvalue weighted by atomic mass is 35.5. The highest BCUT2D eigenvalue weighted by Gasteiger charge is 2.38. The van der Waals surface area contributed by atoms with Crippen LogP contribution < -0.4 is 5.11 Å². The van der Waals surface area contributed by atoms with Crippen LogP contribution in [0, 0.1) is 5.92 Å². The van der Waals surface area contributed by atoms with Gasteiger partial charge in [0.25, 0.3) is 0 Å². The summed E-state index contributed by atoms with van der Waals surface area (Å²) in [5.74, 6) is -4.71. The molecular weight excluding hydrogens is 276 g/mol. The molecule has 0 radical (unpaired) electrons. The molecule has 0 spiro atoms. The topological polar surface area (TPSA) is 74.3 Å². The molecule has 2 atom stereocenters. The summed E-state index contributed by atoms with van der Waals surface area (Å²) in [7, 11) is 0. The fourth-order valence-electron chi connectivity index (χ4n) is 1.91. The number of hydrogen-bond donors (Lipinski definition) is 0. The summed E-state index contributed by atoms with van der Waals surface area (Å²) in [4.78, 5) is 35.0. The van der Waals surface area contributed by atoms with Gasteiger partial charge in [0, 0.05) is 20.7 Å². The second-order valence-corrected chi connectivity index (χ2v) is 5.81. The Balaban J connectivity index is 2.47. The molecule has 4 nitrogen and oxygen atoms in total. The second kappa shape index (κ2) is 4.74. The first kappa shape index (κ1) is 13.1. The van der Waals surface area contributed by atoms with E-state index in [1.54, 1.807) is 19.1 Å². The van der Waals surface area contributed by atoms with Crippen molar-refractivity contribution >= 4 is 40.9 Å². The molecule has 0 saturated carbocycles. The van der Waals surface area contributed by atoms with Crippen LogP contribution in [0.5, 0.6) is 0 Å². The van der Waals surface area contributed by atoms with Gasteiger partial charge >= 0.3 is 0 Å². The highest BCUT2D eigenvalue weighted by molar-refractivity contribution is 8.00. The van der Waals surface area contributed by atoms with Crippen molar-refractivity contribution in [1.29, 1.82) is 0 Å². The van der Waals surface area contributed by atoms with E-state index in [0.29, 0.717) is 15.5 Å². The zero-order chi connectivity index (χ0) is 13.4. The number of rotatable bonds is 2. The van der Waals surface area contributed by atoms with Crippen molar-refractivity contribution in [1.82, 2.24) is 0 Å². The molecule has 1 aromatic carbocycles. The van der Waals surface area contributed by atoms with E-state index < -0.39 is 28.7 Å². The Labute approximate surface area is 112 Å². The Bertz CT molecular complexity index is 555. The number of carboxylic acid groups (broad SMARTS) is 1. The molecule has 1 aliphatic rings. The molecule has 0 fully saturated rings. The minimum atomic E-state index is -1.83. The largest absolute Gasteiger partial charge is 0.542 e. The molecule has 2 unspecified atom stereocenters. The number of halogens is 1. The molecule has 1 aliphatic heterocycles. The average Bonchev–Trinajstić information content (AvgIpc) is 2.30. The van der Waals surface area contributed by atoms with Crippen LogP contribution in [0.4, 0.5) is 0 Å². The van der Waals surface area contributed by atoms with Gasteiger partial charge in [0.15, 0.2) is 11.6 Å².